The lowest BCUT2D eigenvalue weighted by Gasteiger charge is -2.05. The number of benzene rings is 2. The molecule has 120 valence electrons. The summed E-state index contributed by atoms with van der Waals surface area (Å²) in [7, 11) is 0. The molecule has 0 heterocycles. The van der Waals surface area contributed by atoms with Crippen LogP contribution in [-0.4, -0.2) is 12.6 Å². The summed E-state index contributed by atoms with van der Waals surface area (Å²) in [6.45, 7) is 0.665. The van der Waals surface area contributed by atoms with Crippen LogP contribution in [0.2, 0.25) is 5.02 Å². The number of urea groups is 1. The van der Waals surface area contributed by atoms with E-state index in [9.17, 15) is 4.79 Å². The molecule has 0 fully saturated rings. The van der Waals surface area contributed by atoms with Gasteiger partial charge in [-0.3, -0.25) is 0 Å². The van der Waals surface area contributed by atoms with Gasteiger partial charge in [0.2, 0.25) is 0 Å². The molecule has 2 aromatic rings. The van der Waals surface area contributed by atoms with Gasteiger partial charge in [-0.15, -0.1) is 0 Å². The second kappa shape index (κ2) is 9.70. The number of carbonyl (C=O) groups excluding carboxylic acids is 1. The van der Waals surface area contributed by atoms with E-state index in [0.29, 0.717) is 11.6 Å². The third-order valence-corrected chi connectivity index (χ3v) is 3.75. The Morgan fingerprint density at radius 2 is 1.74 bits per heavy atom. The molecular weight excluding hydrogens is 308 g/mol. The van der Waals surface area contributed by atoms with Gasteiger partial charge in [0.15, 0.2) is 0 Å². The highest BCUT2D eigenvalue weighted by Crippen LogP contribution is 2.15. The largest absolute Gasteiger partial charge is 0.338 e. The fraction of sp³-hybridized carbons (Fsp3) is 0.211. The van der Waals surface area contributed by atoms with E-state index in [0.717, 1.165) is 24.8 Å². The minimum Gasteiger partial charge on any atom is -0.338 e. The molecule has 0 aliphatic heterocycles. The zero-order valence-electron chi connectivity index (χ0n) is 13.0. The number of nitrogens with one attached hydrogen (secondary N) is 2. The van der Waals surface area contributed by atoms with E-state index < -0.39 is 0 Å². The van der Waals surface area contributed by atoms with Crippen molar-refractivity contribution >= 4 is 23.7 Å². The van der Waals surface area contributed by atoms with Crippen LogP contribution in [0, 0.1) is 0 Å². The van der Waals surface area contributed by atoms with Crippen molar-refractivity contribution in [3.05, 3.63) is 76.9 Å². The van der Waals surface area contributed by atoms with E-state index in [2.05, 4.69) is 22.8 Å². The Labute approximate surface area is 142 Å². The molecule has 0 saturated carbocycles. The van der Waals surface area contributed by atoms with Crippen molar-refractivity contribution in [2.75, 3.05) is 6.54 Å². The molecule has 2 amide bonds. The van der Waals surface area contributed by atoms with Crippen LogP contribution in [0.1, 0.15) is 24.0 Å². The summed E-state index contributed by atoms with van der Waals surface area (Å²) >= 11 is 6.03. The summed E-state index contributed by atoms with van der Waals surface area (Å²) < 4.78 is 0. The first-order valence-electron chi connectivity index (χ1n) is 7.75. The number of rotatable bonds is 7. The quantitative estimate of drug-likeness (QED) is 0.715. The van der Waals surface area contributed by atoms with Crippen LogP contribution in [0.25, 0.3) is 6.08 Å². The lowest BCUT2D eigenvalue weighted by Crippen LogP contribution is -2.32. The Kier molecular flexibility index (Phi) is 7.21. The van der Waals surface area contributed by atoms with Gasteiger partial charge in [-0.25, -0.2) is 4.79 Å². The molecule has 0 atom stereocenters. The fourth-order valence-electron chi connectivity index (χ4n) is 2.17. The molecular formula is C19H21ClN2O. The van der Waals surface area contributed by atoms with E-state index in [1.807, 2.05) is 42.5 Å². The van der Waals surface area contributed by atoms with Crippen molar-refractivity contribution in [1.82, 2.24) is 10.6 Å². The highest BCUT2D eigenvalue weighted by Gasteiger charge is 1.98. The number of halogens is 1. The Balaban J connectivity index is 1.59. The van der Waals surface area contributed by atoms with E-state index in [-0.39, 0.29) is 6.03 Å². The lowest BCUT2D eigenvalue weighted by molar-refractivity contribution is 0.244. The summed E-state index contributed by atoms with van der Waals surface area (Å²) in [5, 5.41) is 6.17. The predicted molar refractivity (Wildman–Crippen MR) is 96.4 cm³/mol. The van der Waals surface area contributed by atoms with Crippen LogP contribution in [0.4, 0.5) is 4.79 Å². The summed E-state index contributed by atoms with van der Waals surface area (Å²) in [5.74, 6) is 0. The molecule has 0 radical (unpaired) electrons. The van der Waals surface area contributed by atoms with Crippen LogP contribution >= 0.6 is 11.6 Å². The number of aryl methyl sites for hydroxylation is 1. The van der Waals surface area contributed by atoms with Gasteiger partial charge >= 0.3 is 6.03 Å². The standard InChI is InChI=1S/C19H21ClN2O/c20-18-12-5-4-11-17(18)13-15-22-19(23)21-14-7-6-10-16-8-2-1-3-9-16/h1-5,8-9,11-13,15H,6-7,10,14H2,(H2,21,22,23)/b15-13+. The van der Waals surface area contributed by atoms with Gasteiger partial charge in [-0.1, -0.05) is 60.1 Å². The van der Waals surface area contributed by atoms with Gasteiger partial charge in [0.1, 0.15) is 0 Å². The van der Waals surface area contributed by atoms with Crippen LogP contribution in [-0.2, 0) is 6.42 Å². The SMILES string of the molecule is O=C(N/C=C/c1ccccc1Cl)NCCCCc1ccccc1. The molecule has 0 unspecified atom stereocenters. The number of hydrogen-bond acceptors (Lipinski definition) is 1. The zero-order chi connectivity index (χ0) is 16.3. The molecule has 2 N–H and O–H groups in total. The van der Waals surface area contributed by atoms with Crippen molar-refractivity contribution < 1.29 is 4.79 Å². The second-order valence-corrected chi connectivity index (χ2v) is 5.60. The maximum atomic E-state index is 11.6. The number of unbranched alkanes of at least 4 members (excludes halogenated alkanes) is 1. The fourth-order valence-corrected chi connectivity index (χ4v) is 2.37. The molecule has 3 nitrogen and oxygen atoms in total. The van der Waals surface area contributed by atoms with Gasteiger partial charge in [-0.05, 0) is 42.5 Å². The molecule has 0 bridgehead atoms. The highest BCUT2D eigenvalue weighted by atomic mass is 35.5. The number of hydrogen-bond donors (Lipinski definition) is 2. The van der Waals surface area contributed by atoms with Crippen molar-refractivity contribution in [3.63, 3.8) is 0 Å². The summed E-state index contributed by atoms with van der Waals surface area (Å²) in [6, 6.07) is 17.6. The van der Waals surface area contributed by atoms with Crippen LogP contribution < -0.4 is 10.6 Å². The van der Waals surface area contributed by atoms with Gasteiger partial charge in [-0.2, -0.15) is 0 Å². The van der Waals surface area contributed by atoms with E-state index in [1.165, 1.54) is 5.56 Å². The maximum absolute atomic E-state index is 11.6. The minimum atomic E-state index is -0.201. The normalized spacial score (nSPS) is 10.7. The van der Waals surface area contributed by atoms with Crippen LogP contribution in [0.15, 0.2) is 60.8 Å². The molecule has 2 aromatic carbocycles. The second-order valence-electron chi connectivity index (χ2n) is 5.20. The van der Waals surface area contributed by atoms with Gasteiger partial charge < -0.3 is 10.6 Å². The Morgan fingerprint density at radius 3 is 2.52 bits per heavy atom. The first-order chi connectivity index (χ1) is 11.3. The van der Waals surface area contributed by atoms with Crippen LogP contribution in [0.5, 0.6) is 0 Å². The zero-order valence-corrected chi connectivity index (χ0v) is 13.7. The number of carbonyl (C=O) groups is 1. The molecule has 4 heteroatoms. The smallest absolute Gasteiger partial charge is 0.318 e. The monoisotopic (exact) mass is 328 g/mol. The van der Waals surface area contributed by atoms with E-state index in [1.54, 1.807) is 12.3 Å². The molecule has 0 spiro atoms. The van der Waals surface area contributed by atoms with Gasteiger partial charge in [0, 0.05) is 17.8 Å². The summed E-state index contributed by atoms with van der Waals surface area (Å²) in [5.41, 5.74) is 2.21. The van der Waals surface area contributed by atoms with Gasteiger partial charge in [0.05, 0.1) is 0 Å². The lowest BCUT2D eigenvalue weighted by atomic mass is 10.1. The predicted octanol–water partition coefficient (Wildman–Crippen LogP) is 4.63. The van der Waals surface area contributed by atoms with Gasteiger partial charge in [0.25, 0.3) is 0 Å². The third kappa shape index (κ3) is 6.57. The van der Waals surface area contributed by atoms with Crippen LogP contribution in [0.3, 0.4) is 0 Å². The van der Waals surface area contributed by atoms with Crippen molar-refractivity contribution in [1.29, 1.82) is 0 Å². The van der Waals surface area contributed by atoms with E-state index in [4.69, 9.17) is 11.6 Å². The number of amides is 2. The Morgan fingerprint density at radius 1 is 1.00 bits per heavy atom. The summed E-state index contributed by atoms with van der Waals surface area (Å²) in [6.07, 6.45) is 6.42. The van der Waals surface area contributed by atoms with E-state index >= 15 is 0 Å². The minimum absolute atomic E-state index is 0.201. The molecule has 0 saturated heterocycles. The Hall–Kier alpha value is -2.26. The average Bonchev–Trinajstić information content (AvgIpc) is 2.57. The molecule has 0 aliphatic rings. The third-order valence-electron chi connectivity index (χ3n) is 3.40. The van der Waals surface area contributed by atoms with Crippen molar-refractivity contribution in [2.45, 2.75) is 19.3 Å². The first kappa shape index (κ1) is 17.1. The summed E-state index contributed by atoms with van der Waals surface area (Å²) in [4.78, 5) is 11.6. The maximum Gasteiger partial charge on any atom is 0.318 e. The average molecular weight is 329 g/mol. The Bertz CT molecular complexity index is 641. The topological polar surface area (TPSA) is 41.1 Å². The molecule has 0 aromatic heterocycles. The van der Waals surface area contributed by atoms with Crippen molar-refractivity contribution in [3.8, 4) is 0 Å². The molecule has 23 heavy (non-hydrogen) atoms. The molecule has 0 aliphatic carbocycles. The van der Waals surface area contributed by atoms with Crippen molar-refractivity contribution in [2.24, 2.45) is 0 Å². The first-order valence-corrected chi connectivity index (χ1v) is 8.13. The highest BCUT2D eigenvalue weighted by molar-refractivity contribution is 6.32. The molecule has 2 rings (SSSR count).